The fourth-order valence-electron chi connectivity index (χ4n) is 7.09. The number of hydrogen-bond donors (Lipinski definition) is 4. The number of nitrogens with zero attached hydrogens (tertiary/aromatic N) is 1. The highest BCUT2D eigenvalue weighted by Crippen LogP contribution is 2.51. The van der Waals surface area contributed by atoms with Crippen LogP contribution in [0.2, 0.25) is 6.32 Å². The largest absolute Gasteiger partial charge is 0.504 e. The zero-order valence-corrected chi connectivity index (χ0v) is 27.8. The summed E-state index contributed by atoms with van der Waals surface area (Å²) in [5.41, 5.74) is 5.75. The Morgan fingerprint density at radius 3 is 2.50 bits per heavy atom. The van der Waals surface area contributed by atoms with Gasteiger partial charge < -0.3 is 29.9 Å². The number of benzene rings is 3. The molecule has 2 saturated heterocycles. The van der Waals surface area contributed by atoms with Gasteiger partial charge in [0, 0.05) is 11.4 Å². The van der Waals surface area contributed by atoms with Gasteiger partial charge in [-0.3, -0.25) is 14.5 Å². The van der Waals surface area contributed by atoms with Gasteiger partial charge in [0.2, 0.25) is 11.8 Å². The summed E-state index contributed by atoms with van der Waals surface area (Å²) in [6.45, 7) is 1.76. The summed E-state index contributed by atoms with van der Waals surface area (Å²) >= 11 is 2.06. The summed E-state index contributed by atoms with van der Waals surface area (Å²) in [6, 6.07) is 20.6. The van der Waals surface area contributed by atoms with E-state index in [1.54, 1.807) is 18.2 Å². The molecule has 2 aliphatic heterocycles. The number of methoxy groups -OCH3 is 1. The molecule has 2 fully saturated rings. The first-order valence-corrected chi connectivity index (χ1v) is 16.5. The molecule has 9 nitrogen and oxygen atoms in total. The number of carbonyl (C=O) groups is 2. The van der Waals surface area contributed by atoms with E-state index in [0.717, 1.165) is 28.1 Å². The van der Waals surface area contributed by atoms with Crippen molar-refractivity contribution in [2.24, 2.45) is 17.8 Å². The van der Waals surface area contributed by atoms with Gasteiger partial charge in [0.25, 0.3) is 0 Å². The van der Waals surface area contributed by atoms with Crippen molar-refractivity contribution in [1.29, 1.82) is 0 Å². The smallest absolute Gasteiger partial charge is 0.455 e. The van der Waals surface area contributed by atoms with Crippen molar-refractivity contribution in [1.82, 2.24) is 0 Å². The first kappa shape index (κ1) is 32.3. The van der Waals surface area contributed by atoms with Gasteiger partial charge in [0.05, 0.1) is 40.9 Å². The molecule has 2 amide bonds. The summed E-state index contributed by atoms with van der Waals surface area (Å²) in [7, 11) is 0.418. The second-order valence-corrected chi connectivity index (χ2v) is 13.3. The van der Waals surface area contributed by atoms with Crippen LogP contribution in [0.3, 0.4) is 0 Å². The molecule has 46 heavy (non-hydrogen) atoms. The van der Waals surface area contributed by atoms with Crippen LogP contribution in [0.25, 0.3) is 6.08 Å². The molecule has 4 N–H and O–H groups in total. The third-order valence-corrected chi connectivity index (χ3v) is 9.99. The number of halogens is 1. The molecule has 2 heterocycles. The highest BCUT2D eigenvalue weighted by atomic mass is 127. The lowest BCUT2D eigenvalue weighted by Gasteiger charge is -2.42. The van der Waals surface area contributed by atoms with Gasteiger partial charge in [-0.25, -0.2) is 0 Å². The van der Waals surface area contributed by atoms with E-state index < -0.39 is 31.0 Å². The van der Waals surface area contributed by atoms with Gasteiger partial charge in [-0.15, -0.1) is 0 Å². The number of aromatic hydroxyl groups is 1. The number of carbonyl (C=O) groups excluding carboxylic acids is 2. The molecule has 3 aliphatic rings. The number of allylic oxidation sites excluding steroid dienone is 1. The summed E-state index contributed by atoms with van der Waals surface area (Å²) in [4.78, 5) is 29.0. The lowest BCUT2D eigenvalue weighted by molar-refractivity contribution is -0.122. The number of rotatable bonds is 9. The van der Waals surface area contributed by atoms with E-state index in [-0.39, 0.29) is 36.9 Å². The highest BCUT2D eigenvalue weighted by Gasteiger charge is 2.57. The van der Waals surface area contributed by atoms with Crippen molar-refractivity contribution < 1.29 is 34.2 Å². The summed E-state index contributed by atoms with van der Waals surface area (Å²) in [5, 5.41) is 34.8. The van der Waals surface area contributed by atoms with Crippen molar-refractivity contribution in [3.63, 3.8) is 0 Å². The molecule has 4 atom stereocenters. The van der Waals surface area contributed by atoms with Crippen molar-refractivity contribution in [2.45, 2.75) is 38.6 Å². The number of aliphatic hydroxyl groups excluding tert-OH is 1. The van der Waals surface area contributed by atoms with Crippen molar-refractivity contribution in [3.8, 4) is 11.5 Å². The fourth-order valence-corrected chi connectivity index (χ4v) is 7.72. The lowest BCUT2D eigenvalue weighted by Crippen LogP contribution is -2.46. The molecule has 6 rings (SSSR count). The van der Waals surface area contributed by atoms with Crippen LogP contribution in [0.4, 0.5) is 17.1 Å². The average Bonchev–Trinajstić information content (AvgIpc) is 3.30. The molecule has 0 saturated carbocycles. The molecule has 3 aromatic carbocycles. The van der Waals surface area contributed by atoms with E-state index in [0.29, 0.717) is 33.4 Å². The molecule has 3 aromatic rings. The van der Waals surface area contributed by atoms with Crippen LogP contribution in [-0.4, -0.2) is 54.0 Å². The number of imide groups is 1. The summed E-state index contributed by atoms with van der Waals surface area (Å²) in [5.74, 6) is -1.72. The third-order valence-electron chi connectivity index (χ3n) is 9.17. The van der Waals surface area contributed by atoms with E-state index in [9.17, 15) is 24.8 Å². The third kappa shape index (κ3) is 6.33. The van der Waals surface area contributed by atoms with E-state index in [2.05, 4.69) is 27.9 Å². The average molecular weight is 734 g/mol. The van der Waals surface area contributed by atoms with E-state index in [4.69, 9.17) is 9.39 Å². The van der Waals surface area contributed by atoms with Gasteiger partial charge in [-0.05, 0) is 126 Å². The maximum Gasteiger partial charge on any atom is 0.455 e. The minimum absolute atomic E-state index is 0.100. The van der Waals surface area contributed by atoms with E-state index >= 15 is 0 Å². The van der Waals surface area contributed by atoms with Gasteiger partial charge >= 0.3 is 7.12 Å². The molecular formula is C35H36BIN2O7. The first-order valence-electron chi connectivity index (χ1n) is 15.4. The van der Waals surface area contributed by atoms with E-state index in [1.165, 1.54) is 12.0 Å². The molecule has 0 unspecified atom stereocenters. The fraction of sp³-hybridized carbons (Fsp3) is 0.314. The Bertz CT molecular complexity index is 1690. The summed E-state index contributed by atoms with van der Waals surface area (Å²) < 4.78 is 12.0. The lowest BCUT2D eigenvalue weighted by atomic mass is 9.58. The second-order valence-electron chi connectivity index (χ2n) is 12.1. The van der Waals surface area contributed by atoms with Crippen LogP contribution >= 0.6 is 22.6 Å². The number of phenols is 1. The van der Waals surface area contributed by atoms with Crippen LogP contribution in [0.1, 0.15) is 31.7 Å². The number of phenolic OH excluding ortho intramolecular Hbond substituents is 1. The Balaban J connectivity index is 1.21. The van der Waals surface area contributed by atoms with Crippen molar-refractivity contribution >= 4 is 64.7 Å². The van der Waals surface area contributed by atoms with Gasteiger partial charge in [0.1, 0.15) is 0 Å². The Morgan fingerprint density at radius 2 is 1.80 bits per heavy atom. The predicted octanol–water partition coefficient (Wildman–Crippen LogP) is 5.93. The number of ether oxygens (including phenoxy) is 1. The van der Waals surface area contributed by atoms with Crippen molar-refractivity contribution in [2.75, 3.05) is 23.9 Å². The topological polar surface area (TPSA) is 129 Å². The molecule has 11 heteroatoms. The number of hydrogen-bond acceptors (Lipinski definition) is 8. The normalized spacial score (nSPS) is 23.0. The zero-order chi connectivity index (χ0) is 32.5. The van der Waals surface area contributed by atoms with Gasteiger partial charge in [-0.2, -0.15) is 0 Å². The number of anilines is 3. The number of amides is 2. The predicted molar refractivity (Wildman–Crippen MR) is 186 cm³/mol. The number of nitrogens with one attached hydrogen (secondary N) is 1. The first-order chi connectivity index (χ1) is 22.2. The standard InChI is InChI=1S/C35H36BIN2O7/c1-20(14-21-15-28(37)33(41)30(16-21)45-2)8-13-29-31-22(19-40)17-26-32(27(31)18-36(44)46-29)35(43)39(34(26)42)25-11-9-24(10-12-25)38-23-6-4-3-5-7-23/h3-7,9-12,14-16,26-27,29,32,38,40-41,44H,8,13,17-19H2,1-2H3/b20-14+/t26-,27+,29-,32-/m1/s1. The van der Waals surface area contributed by atoms with Crippen LogP contribution < -0.4 is 15.0 Å². The molecule has 0 aromatic heterocycles. The second kappa shape index (κ2) is 13.6. The molecule has 0 radical (unpaired) electrons. The minimum atomic E-state index is -1.09. The maximum absolute atomic E-state index is 14.0. The zero-order valence-electron chi connectivity index (χ0n) is 25.7. The van der Waals surface area contributed by atoms with Crippen molar-refractivity contribution in [3.05, 3.63) is 92.6 Å². The Labute approximate surface area is 282 Å². The van der Waals surface area contributed by atoms with E-state index in [1.807, 2.05) is 61.5 Å². The van der Waals surface area contributed by atoms with Gasteiger partial charge in [-0.1, -0.05) is 29.8 Å². The van der Waals surface area contributed by atoms with Crippen LogP contribution in [0, 0.1) is 21.3 Å². The number of para-hydroxylation sites is 1. The quantitative estimate of drug-likeness (QED) is 0.0924. The minimum Gasteiger partial charge on any atom is -0.504 e. The highest BCUT2D eigenvalue weighted by molar-refractivity contribution is 14.1. The number of aliphatic hydroxyl groups is 1. The van der Waals surface area contributed by atoms with Crippen LogP contribution in [0.15, 0.2) is 83.4 Å². The van der Waals surface area contributed by atoms with Crippen LogP contribution in [-0.2, 0) is 14.2 Å². The molecule has 1 aliphatic carbocycles. The maximum atomic E-state index is 14.0. The van der Waals surface area contributed by atoms with Gasteiger partial charge in [0.15, 0.2) is 11.5 Å². The molecular weight excluding hydrogens is 698 g/mol. The SMILES string of the molecule is COc1cc(/C=C(\C)CC[C@H]2OB(O)C[C@H]3C2=C(CO)C[C@H]2C(=O)N(c4ccc(Nc5ccccc5)cc4)C(=O)[C@H]23)cc(I)c1O. The molecule has 238 valence electrons. The Hall–Kier alpha value is -3.65. The van der Waals surface area contributed by atoms with Crippen LogP contribution in [0.5, 0.6) is 11.5 Å². The molecule has 0 spiro atoms. The molecule has 0 bridgehead atoms. The monoisotopic (exact) mass is 734 g/mol. The Morgan fingerprint density at radius 1 is 1.09 bits per heavy atom. The number of fused-ring (bicyclic) bond motifs is 3. The Kier molecular flexibility index (Phi) is 9.55. The summed E-state index contributed by atoms with van der Waals surface area (Å²) in [6.07, 6.45) is 3.12.